The first-order valence-corrected chi connectivity index (χ1v) is 5.88. The van der Waals surface area contributed by atoms with Crippen LogP contribution in [-0.4, -0.2) is 4.40 Å². The molecule has 0 saturated heterocycles. The van der Waals surface area contributed by atoms with E-state index in [1.807, 2.05) is 0 Å². The quantitative estimate of drug-likeness (QED) is 0.695. The second kappa shape index (κ2) is 3.13. The fourth-order valence-corrected chi connectivity index (χ4v) is 2.39. The van der Waals surface area contributed by atoms with Crippen LogP contribution in [-0.2, 0) is 6.42 Å². The van der Waals surface area contributed by atoms with E-state index >= 15 is 0 Å². The van der Waals surface area contributed by atoms with Gasteiger partial charge in [0.05, 0.1) is 0 Å². The number of nitrogens with zero attached hydrogens (tertiary/aromatic N) is 1. The molecule has 1 saturated carbocycles. The molecule has 2 aromatic heterocycles. The van der Waals surface area contributed by atoms with Gasteiger partial charge in [0.25, 0.3) is 0 Å². The van der Waals surface area contributed by atoms with Crippen LogP contribution in [0.2, 0.25) is 0 Å². The Morgan fingerprint density at radius 1 is 1.33 bits per heavy atom. The summed E-state index contributed by atoms with van der Waals surface area (Å²) < 4.78 is 2.28. The number of aromatic nitrogens is 1. The maximum Gasteiger partial charge on any atom is 0.0452 e. The van der Waals surface area contributed by atoms with Crippen molar-refractivity contribution < 1.29 is 0 Å². The highest BCUT2D eigenvalue weighted by atomic mass is 14.9. The molecule has 0 amide bonds. The van der Waals surface area contributed by atoms with Crippen LogP contribution >= 0.6 is 0 Å². The molecular formula is C14H17N. The van der Waals surface area contributed by atoms with Crippen LogP contribution in [0.3, 0.4) is 0 Å². The van der Waals surface area contributed by atoms with Crippen molar-refractivity contribution in [1.29, 1.82) is 0 Å². The van der Waals surface area contributed by atoms with Gasteiger partial charge in [-0.05, 0) is 47.9 Å². The monoisotopic (exact) mass is 199 g/mol. The Bertz CT molecular complexity index is 495. The normalized spacial score (nSPS) is 24.7. The summed E-state index contributed by atoms with van der Waals surface area (Å²) in [6.07, 6.45) is 7.05. The van der Waals surface area contributed by atoms with Crippen LogP contribution in [0.15, 0.2) is 30.6 Å². The highest BCUT2D eigenvalue weighted by molar-refractivity contribution is 5.52. The van der Waals surface area contributed by atoms with Crippen molar-refractivity contribution in [3.05, 3.63) is 41.7 Å². The van der Waals surface area contributed by atoms with Crippen molar-refractivity contribution in [1.82, 2.24) is 4.40 Å². The number of rotatable bonds is 2. The largest absolute Gasteiger partial charge is 0.323 e. The number of hydrogen-bond acceptors (Lipinski definition) is 0. The zero-order valence-corrected chi connectivity index (χ0v) is 9.40. The van der Waals surface area contributed by atoms with Gasteiger partial charge in [-0.25, -0.2) is 0 Å². The van der Waals surface area contributed by atoms with Gasteiger partial charge >= 0.3 is 0 Å². The summed E-state index contributed by atoms with van der Waals surface area (Å²) in [4.78, 5) is 0. The lowest BCUT2D eigenvalue weighted by Crippen LogP contribution is -1.87. The van der Waals surface area contributed by atoms with Crippen LogP contribution in [0.5, 0.6) is 0 Å². The molecule has 0 aliphatic heterocycles. The van der Waals surface area contributed by atoms with Crippen molar-refractivity contribution in [2.24, 2.45) is 5.92 Å². The minimum atomic E-state index is 0.821. The Balaban J connectivity index is 2.05. The molecule has 78 valence electrons. The van der Waals surface area contributed by atoms with Gasteiger partial charge in [0.15, 0.2) is 0 Å². The third kappa shape index (κ3) is 1.46. The van der Waals surface area contributed by atoms with Crippen molar-refractivity contribution in [2.45, 2.75) is 32.6 Å². The van der Waals surface area contributed by atoms with Crippen LogP contribution in [0.4, 0.5) is 0 Å². The molecule has 1 aliphatic rings. The third-order valence-corrected chi connectivity index (χ3v) is 3.62. The number of fused-ring (bicyclic) bond motifs is 1. The Kier molecular flexibility index (Phi) is 1.88. The molecule has 1 nitrogen and oxygen atoms in total. The highest BCUT2D eigenvalue weighted by Crippen LogP contribution is 2.46. The fourth-order valence-electron chi connectivity index (χ4n) is 2.39. The third-order valence-electron chi connectivity index (χ3n) is 3.62. The van der Waals surface area contributed by atoms with Gasteiger partial charge in [0, 0.05) is 17.9 Å². The van der Waals surface area contributed by atoms with Crippen LogP contribution in [0.1, 0.15) is 37.3 Å². The Morgan fingerprint density at radius 3 is 2.80 bits per heavy atom. The zero-order valence-electron chi connectivity index (χ0n) is 9.40. The molecule has 0 aromatic carbocycles. The minimum Gasteiger partial charge on any atom is -0.323 e. The summed E-state index contributed by atoms with van der Waals surface area (Å²) in [7, 11) is 0. The molecule has 0 spiro atoms. The first-order chi connectivity index (χ1) is 7.28. The van der Waals surface area contributed by atoms with E-state index in [-0.39, 0.29) is 0 Å². The Labute approximate surface area is 90.7 Å². The van der Waals surface area contributed by atoms with Crippen LogP contribution in [0, 0.1) is 5.92 Å². The van der Waals surface area contributed by atoms with Gasteiger partial charge in [-0.15, -0.1) is 0 Å². The van der Waals surface area contributed by atoms with E-state index in [1.165, 1.54) is 23.1 Å². The van der Waals surface area contributed by atoms with Crippen molar-refractivity contribution in [3.63, 3.8) is 0 Å². The Hall–Kier alpha value is -1.24. The van der Waals surface area contributed by atoms with Gasteiger partial charge < -0.3 is 4.40 Å². The zero-order chi connectivity index (χ0) is 10.4. The smallest absolute Gasteiger partial charge is 0.0452 e. The van der Waals surface area contributed by atoms with E-state index in [2.05, 4.69) is 48.8 Å². The maximum absolute atomic E-state index is 2.34. The predicted octanol–water partition coefficient (Wildman–Crippen LogP) is 3.63. The molecule has 2 heterocycles. The molecule has 1 fully saturated rings. The summed E-state index contributed by atoms with van der Waals surface area (Å²) in [6, 6.07) is 6.82. The van der Waals surface area contributed by atoms with E-state index < -0.39 is 0 Å². The second-order valence-corrected chi connectivity index (χ2v) is 4.82. The summed E-state index contributed by atoms with van der Waals surface area (Å²) in [5.74, 6) is 1.71. The molecule has 15 heavy (non-hydrogen) atoms. The summed E-state index contributed by atoms with van der Waals surface area (Å²) in [6.45, 7) is 4.54. The molecule has 0 bridgehead atoms. The molecule has 2 atom stereocenters. The first-order valence-electron chi connectivity index (χ1n) is 5.88. The number of pyridine rings is 1. The van der Waals surface area contributed by atoms with E-state index in [9.17, 15) is 0 Å². The summed E-state index contributed by atoms with van der Waals surface area (Å²) in [5.41, 5.74) is 4.26. The summed E-state index contributed by atoms with van der Waals surface area (Å²) >= 11 is 0. The molecule has 3 rings (SSSR count). The lowest BCUT2D eigenvalue weighted by atomic mass is 10.1. The Morgan fingerprint density at radius 2 is 2.13 bits per heavy atom. The SMILES string of the molecule is CCc1cc2ccc(C3CC3C)cn2c1. The topological polar surface area (TPSA) is 4.41 Å². The number of aryl methyl sites for hydroxylation is 1. The average Bonchev–Trinajstić information content (AvgIpc) is 2.83. The van der Waals surface area contributed by atoms with Crippen LogP contribution < -0.4 is 0 Å². The molecular weight excluding hydrogens is 182 g/mol. The van der Waals surface area contributed by atoms with Crippen molar-refractivity contribution in [3.8, 4) is 0 Å². The standard InChI is InChI=1S/C14H17N/c1-3-11-7-13-5-4-12(9-15(13)8-11)14-6-10(14)2/h4-5,7-10,14H,3,6H2,1-2H3. The first kappa shape index (κ1) is 9.02. The minimum absolute atomic E-state index is 0.821. The second-order valence-electron chi connectivity index (χ2n) is 4.82. The highest BCUT2D eigenvalue weighted by Gasteiger charge is 2.33. The molecule has 2 unspecified atom stereocenters. The van der Waals surface area contributed by atoms with Gasteiger partial charge in [-0.2, -0.15) is 0 Å². The molecule has 0 N–H and O–H groups in total. The fraction of sp³-hybridized carbons (Fsp3) is 0.429. The van der Waals surface area contributed by atoms with E-state index in [4.69, 9.17) is 0 Å². The molecule has 1 aliphatic carbocycles. The van der Waals surface area contributed by atoms with E-state index in [1.54, 1.807) is 0 Å². The van der Waals surface area contributed by atoms with Crippen molar-refractivity contribution >= 4 is 5.52 Å². The average molecular weight is 199 g/mol. The predicted molar refractivity (Wildman–Crippen MR) is 63.3 cm³/mol. The van der Waals surface area contributed by atoms with Gasteiger partial charge in [0.1, 0.15) is 0 Å². The van der Waals surface area contributed by atoms with Crippen LogP contribution in [0.25, 0.3) is 5.52 Å². The van der Waals surface area contributed by atoms with Gasteiger partial charge in [0.2, 0.25) is 0 Å². The van der Waals surface area contributed by atoms with Gasteiger partial charge in [-0.1, -0.05) is 19.9 Å². The van der Waals surface area contributed by atoms with E-state index in [0.717, 1.165) is 18.3 Å². The van der Waals surface area contributed by atoms with Crippen molar-refractivity contribution in [2.75, 3.05) is 0 Å². The molecule has 2 aromatic rings. The molecule has 1 heteroatoms. The summed E-state index contributed by atoms with van der Waals surface area (Å²) in [5, 5.41) is 0. The number of hydrogen-bond donors (Lipinski definition) is 0. The molecule has 0 radical (unpaired) electrons. The maximum atomic E-state index is 2.34. The lowest BCUT2D eigenvalue weighted by molar-refractivity contribution is 0.906. The lowest BCUT2D eigenvalue weighted by Gasteiger charge is -2.00. The van der Waals surface area contributed by atoms with Gasteiger partial charge in [-0.3, -0.25) is 0 Å². The van der Waals surface area contributed by atoms with E-state index in [0.29, 0.717) is 0 Å².